The van der Waals surface area contributed by atoms with Gasteiger partial charge in [0.15, 0.2) is 0 Å². The first kappa shape index (κ1) is 21.2. The van der Waals surface area contributed by atoms with Crippen molar-refractivity contribution in [1.29, 1.82) is 0 Å². The van der Waals surface area contributed by atoms with Crippen LogP contribution in [-0.2, 0) is 11.2 Å². The van der Waals surface area contributed by atoms with Crippen LogP contribution in [0.15, 0.2) is 22.8 Å². The minimum absolute atomic E-state index is 0.0000109. The Labute approximate surface area is 171 Å². The lowest BCUT2D eigenvalue weighted by Gasteiger charge is -2.33. The van der Waals surface area contributed by atoms with Gasteiger partial charge in [-0.05, 0) is 57.0 Å². The Kier molecular flexibility index (Phi) is 7.14. The van der Waals surface area contributed by atoms with Crippen LogP contribution in [0.5, 0.6) is 0 Å². The number of aryl methyl sites for hydroxylation is 1. The maximum Gasteiger partial charge on any atom is 0.339 e. The molecular weight excluding hydrogens is 370 g/mol. The molecule has 1 saturated heterocycles. The lowest BCUT2D eigenvalue weighted by Crippen LogP contribution is -2.40. The molecular formula is C22H31N3O4. The van der Waals surface area contributed by atoms with E-state index in [0.717, 1.165) is 43.7 Å². The van der Waals surface area contributed by atoms with E-state index in [1.807, 2.05) is 19.1 Å². The second-order valence-corrected chi connectivity index (χ2v) is 7.56. The summed E-state index contributed by atoms with van der Waals surface area (Å²) in [6.07, 6.45) is 6.68. The van der Waals surface area contributed by atoms with Crippen LogP contribution in [0, 0.1) is 6.92 Å². The summed E-state index contributed by atoms with van der Waals surface area (Å²) in [4.78, 5) is 30.7. The quantitative estimate of drug-likeness (QED) is 0.660. The zero-order chi connectivity index (χ0) is 20.8. The molecule has 1 amide bonds. The SMILES string of the molecule is CCCc1c(C(=O)NCC(c2ccco2)N2CCCCC2)[nH]c(C)c1C(=O)OC. The lowest BCUT2D eigenvalue weighted by molar-refractivity contribution is 0.0599. The van der Waals surface area contributed by atoms with Crippen molar-refractivity contribution in [3.8, 4) is 0 Å². The van der Waals surface area contributed by atoms with Gasteiger partial charge in [0.2, 0.25) is 0 Å². The molecule has 1 aliphatic rings. The Hall–Kier alpha value is -2.54. The van der Waals surface area contributed by atoms with Crippen molar-refractivity contribution < 1.29 is 18.7 Å². The average molecular weight is 402 g/mol. The minimum atomic E-state index is -0.414. The number of piperidine rings is 1. The number of carbonyl (C=O) groups is 2. The number of furan rings is 1. The van der Waals surface area contributed by atoms with Crippen LogP contribution in [0.2, 0.25) is 0 Å². The number of aromatic nitrogens is 1. The summed E-state index contributed by atoms with van der Waals surface area (Å²) < 4.78 is 10.6. The number of ether oxygens (including phenoxy) is 1. The fourth-order valence-electron chi connectivity index (χ4n) is 4.15. The van der Waals surface area contributed by atoms with Gasteiger partial charge in [-0.15, -0.1) is 0 Å². The molecule has 1 unspecified atom stereocenters. The first-order valence-corrected chi connectivity index (χ1v) is 10.4. The van der Waals surface area contributed by atoms with E-state index in [1.54, 1.807) is 13.2 Å². The lowest BCUT2D eigenvalue weighted by atomic mass is 10.0. The first-order valence-electron chi connectivity index (χ1n) is 10.4. The molecule has 2 aromatic heterocycles. The van der Waals surface area contributed by atoms with Gasteiger partial charge in [0.05, 0.1) is 25.0 Å². The highest BCUT2D eigenvalue weighted by Crippen LogP contribution is 2.25. The fourth-order valence-corrected chi connectivity index (χ4v) is 4.15. The molecule has 2 aromatic rings. The number of H-pyrrole nitrogens is 1. The van der Waals surface area contributed by atoms with Crippen molar-refractivity contribution >= 4 is 11.9 Å². The van der Waals surface area contributed by atoms with Gasteiger partial charge in [0.1, 0.15) is 11.5 Å². The monoisotopic (exact) mass is 401 g/mol. The molecule has 0 aromatic carbocycles. The molecule has 29 heavy (non-hydrogen) atoms. The summed E-state index contributed by atoms with van der Waals surface area (Å²) in [5.74, 6) is 0.238. The molecule has 0 aliphatic carbocycles. The van der Waals surface area contributed by atoms with Gasteiger partial charge in [-0.25, -0.2) is 4.79 Å². The summed E-state index contributed by atoms with van der Waals surface area (Å²) >= 11 is 0. The van der Waals surface area contributed by atoms with Crippen LogP contribution in [0.1, 0.15) is 76.5 Å². The highest BCUT2D eigenvalue weighted by atomic mass is 16.5. The van der Waals surface area contributed by atoms with Gasteiger partial charge < -0.3 is 19.5 Å². The van der Waals surface area contributed by atoms with Crippen LogP contribution in [-0.4, -0.2) is 48.5 Å². The second kappa shape index (κ2) is 9.78. The predicted octanol–water partition coefficient (Wildman–Crippen LogP) is 3.61. The number of nitrogens with zero attached hydrogens (tertiary/aromatic N) is 1. The van der Waals surface area contributed by atoms with E-state index < -0.39 is 5.97 Å². The molecule has 2 N–H and O–H groups in total. The summed E-state index contributed by atoms with van der Waals surface area (Å²) in [5, 5.41) is 3.06. The average Bonchev–Trinajstić information content (AvgIpc) is 3.37. The number of hydrogen-bond acceptors (Lipinski definition) is 5. The third kappa shape index (κ3) is 4.72. The number of hydrogen-bond donors (Lipinski definition) is 2. The van der Waals surface area contributed by atoms with Crippen LogP contribution in [0.25, 0.3) is 0 Å². The third-order valence-corrected chi connectivity index (χ3v) is 5.57. The van der Waals surface area contributed by atoms with Gasteiger partial charge in [-0.3, -0.25) is 9.69 Å². The maximum absolute atomic E-state index is 13.0. The van der Waals surface area contributed by atoms with Crippen molar-refractivity contribution in [3.05, 3.63) is 46.7 Å². The summed E-state index contributed by atoms with van der Waals surface area (Å²) in [6.45, 7) is 6.26. The molecule has 0 saturated carbocycles. The zero-order valence-corrected chi connectivity index (χ0v) is 17.5. The summed E-state index contributed by atoms with van der Waals surface area (Å²) in [7, 11) is 1.36. The molecule has 3 heterocycles. The van der Waals surface area contributed by atoms with Crippen molar-refractivity contribution in [2.75, 3.05) is 26.7 Å². The molecule has 7 nitrogen and oxygen atoms in total. The van der Waals surface area contributed by atoms with Gasteiger partial charge in [-0.1, -0.05) is 19.8 Å². The molecule has 0 radical (unpaired) electrons. The van der Waals surface area contributed by atoms with Crippen LogP contribution < -0.4 is 5.32 Å². The Balaban J connectivity index is 1.79. The number of amides is 1. The molecule has 3 rings (SSSR count). The smallest absolute Gasteiger partial charge is 0.339 e. The van der Waals surface area contributed by atoms with E-state index >= 15 is 0 Å². The van der Waals surface area contributed by atoms with Gasteiger partial charge in [0.25, 0.3) is 5.91 Å². The van der Waals surface area contributed by atoms with E-state index in [4.69, 9.17) is 9.15 Å². The van der Waals surface area contributed by atoms with Gasteiger partial charge in [0, 0.05) is 12.2 Å². The molecule has 1 fully saturated rings. The number of rotatable bonds is 8. The Morgan fingerprint density at radius 2 is 2.07 bits per heavy atom. The largest absolute Gasteiger partial charge is 0.468 e. The van der Waals surface area contributed by atoms with Crippen molar-refractivity contribution in [2.24, 2.45) is 0 Å². The highest BCUT2D eigenvalue weighted by molar-refractivity contribution is 6.00. The second-order valence-electron chi connectivity index (χ2n) is 7.56. The summed E-state index contributed by atoms with van der Waals surface area (Å²) in [6, 6.07) is 3.84. The van der Waals surface area contributed by atoms with E-state index in [0.29, 0.717) is 29.9 Å². The molecule has 0 spiro atoms. The van der Waals surface area contributed by atoms with Crippen LogP contribution in [0.3, 0.4) is 0 Å². The molecule has 0 bridgehead atoms. The van der Waals surface area contributed by atoms with Crippen LogP contribution >= 0.6 is 0 Å². The minimum Gasteiger partial charge on any atom is -0.468 e. The molecule has 7 heteroatoms. The van der Waals surface area contributed by atoms with Crippen molar-refractivity contribution in [1.82, 2.24) is 15.2 Å². The number of carbonyl (C=O) groups excluding carboxylic acids is 2. The number of methoxy groups -OCH3 is 1. The Bertz CT molecular complexity index is 819. The Morgan fingerprint density at radius 1 is 1.31 bits per heavy atom. The zero-order valence-electron chi connectivity index (χ0n) is 17.5. The molecule has 158 valence electrons. The van der Waals surface area contributed by atoms with Gasteiger partial charge in [-0.2, -0.15) is 0 Å². The maximum atomic E-state index is 13.0. The van der Waals surface area contributed by atoms with E-state index in [-0.39, 0.29) is 11.9 Å². The number of likely N-dealkylation sites (tertiary alicyclic amines) is 1. The molecule has 1 aliphatic heterocycles. The number of aromatic amines is 1. The normalized spacial score (nSPS) is 15.8. The fraction of sp³-hybridized carbons (Fsp3) is 0.545. The highest BCUT2D eigenvalue weighted by Gasteiger charge is 2.28. The third-order valence-electron chi connectivity index (χ3n) is 5.57. The Morgan fingerprint density at radius 3 is 2.69 bits per heavy atom. The number of nitrogens with one attached hydrogen (secondary N) is 2. The summed E-state index contributed by atoms with van der Waals surface area (Å²) in [5.41, 5.74) is 2.30. The van der Waals surface area contributed by atoms with E-state index in [9.17, 15) is 9.59 Å². The van der Waals surface area contributed by atoms with Gasteiger partial charge >= 0.3 is 5.97 Å². The van der Waals surface area contributed by atoms with Crippen LogP contribution in [0.4, 0.5) is 0 Å². The first-order chi connectivity index (χ1) is 14.1. The van der Waals surface area contributed by atoms with Crippen molar-refractivity contribution in [2.45, 2.75) is 52.0 Å². The standard InChI is InChI=1S/C22H31N3O4/c1-4-9-16-19(22(27)28-3)15(2)24-20(16)21(26)23-14-17(18-10-8-13-29-18)25-11-6-5-7-12-25/h8,10,13,17,24H,4-7,9,11-12,14H2,1-3H3,(H,23,26). The van der Waals surface area contributed by atoms with Crippen molar-refractivity contribution in [3.63, 3.8) is 0 Å². The predicted molar refractivity (Wildman–Crippen MR) is 110 cm³/mol. The topological polar surface area (TPSA) is 87.6 Å². The molecule has 1 atom stereocenters. The number of esters is 1. The van der Waals surface area contributed by atoms with E-state index in [1.165, 1.54) is 13.5 Å². The van der Waals surface area contributed by atoms with E-state index in [2.05, 4.69) is 15.2 Å².